The third kappa shape index (κ3) is 5.65. The summed E-state index contributed by atoms with van der Waals surface area (Å²) in [5, 5.41) is 0. The van der Waals surface area contributed by atoms with E-state index in [0.717, 1.165) is 12.1 Å². The molecule has 0 fully saturated rings. The van der Waals surface area contributed by atoms with Crippen molar-refractivity contribution < 1.29 is 57.1 Å². The number of halogens is 5. The zero-order valence-electron chi connectivity index (χ0n) is 24.4. The summed E-state index contributed by atoms with van der Waals surface area (Å²) in [6.07, 6.45) is -8.08. The molecule has 0 unspecified atom stereocenters. The molecule has 0 bridgehead atoms. The smallest absolute Gasteiger partial charge is 0.417 e. The van der Waals surface area contributed by atoms with Gasteiger partial charge in [-0.1, -0.05) is 17.7 Å². The van der Waals surface area contributed by atoms with Crippen LogP contribution in [0.15, 0.2) is 52.4 Å². The van der Waals surface area contributed by atoms with E-state index in [0.29, 0.717) is 27.9 Å². The maximum atomic E-state index is 14.8. The van der Waals surface area contributed by atoms with Crippen molar-refractivity contribution in [2.45, 2.75) is 47.8 Å². The van der Waals surface area contributed by atoms with Crippen LogP contribution < -0.4 is 9.46 Å². The summed E-state index contributed by atoms with van der Waals surface area (Å²) < 4.78 is 165. The molecule has 3 aromatic rings. The summed E-state index contributed by atoms with van der Waals surface area (Å²) in [5.74, 6) is -3.11. The first-order chi connectivity index (χ1) is 20.2. The Morgan fingerprint density at radius 3 is 2.39 bits per heavy atom. The fourth-order valence-electron chi connectivity index (χ4n) is 4.37. The van der Waals surface area contributed by atoms with Crippen molar-refractivity contribution >= 4 is 25.7 Å². The zero-order chi connectivity index (χ0) is 32.9. The molecule has 9 nitrogen and oxygen atoms in total. The minimum absolute atomic E-state index is 0.308. The number of aromatic nitrogens is 1. The molecule has 1 N–H and O–H groups in total. The molecule has 1 aliphatic rings. The summed E-state index contributed by atoms with van der Waals surface area (Å²) in [4.78, 5) is -1.27. The summed E-state index contributed by atoms with van der Waals surface area (Å²) in [7, 11) is -12.1. The SMILES string of the molecule is [2H]C([2H])([2H])O[C@@]1(C(F)(F)F)CCc2c(S(=O)(=O)Nc3cc(F)c(OCOC)cc3F)cn(S(=O)(=O)c3ccc(C)cc3)c2C1. The van der Waals surface area contributed by atoms with Crippen LogP contribution in [0.1, 0.15) is 27.4 Å². The highest BCUT2D eigenvalue weighted by atomic mass is 32.2. The van der Waals surface area contributed by atoms with E-state index < -0.39 is 109 Å². The van der Waals surface area contributed by atoms with Crippen molar-refractivity contribution in [3.05, 3.63) is 71.1 Å². The number of hydrogen-bond acceptors (Lipinski definition) is 7. The molecule has 0 aliphatic heterocycles. The van der Waals surface area contributed by atoms with E-state index >= 15 is 0 Å². The molecule has 16 heteroatoms. The molecule has 1 atom stereocenters. The minimum Gasteiger partial charge on any atom is -0.464 e. The van der Waals surface area contributed by atoms with Gasteiger partial charge in [-0.2, -0.15) is 13.2 Å². The molecule has 4 rings (SSSR count). The number of rotatable bonds is 9. The van der Waals surface area contributed by atoms with Gasteiger partial charge in [-0.15, -0.1) is 0 Å². The molecule has 0 saturated heterocycles. The van der Waals surface area contributed by atoms with Gasteiger partial charge in [-0.3, -0.25) is 4.72 Å². The van der Waals surface area contributed by atoms with Gasteiger partial charge in [-0.25, -0.2) is 29.6 Å². The second-order valence-electron chi connectivity index (χ2n) is 9.22. The quantitative estimate of drug-likeness (QED) is 0.274. The lowest BCUT2D eigenvalue weighted by molar-refractivity contribution is -0.273. The van der Waals surface area contributed by atoms with Crippen LogP contribution in [0.2, 0.25) is 0 Å². The lowest BCUT2D eigenvalue weighted by Gasteiger charge is -2.38. The Balaban J connectivity index is 1.89. The summed E-state index contributed by atoms with van der Waals surface area (Å²) in [5.41, 5.74) is -4.81. The number of sulfonamides is 1. The fourth-order valence-corrected chi connectivity index (χ4v) is 7.20. The van der Waals surface area contributed by atoms with Gasteiger partial charge in [0.05, 0.1) is 14.7 Å². The average molecular weight is 628 g/mol. The number of nitrogens with one attached hydrogen (secondary N) is 1. The van der Waals surface area contributed by atoms with Gasteiger partial charge in [0.25, 0.3) is 20.0 Å². The van der Waals surface area contributed by atoms with E-state index in [1.165, 1.54) is 19.2 Å². The largest absolute Gasteiger partial charge is 0.464 e. The molecule has 1 aliphatic carbocycles. The van der Waals surface area contributed by atoms with Crippen molar-refractivity contribution in [1.82, 2.24) is 3.97 Å². The number of aryl methyl sites for hydroxylation is 1. The first kappa shape index (κ1) is 26.7. The molecule has 0 radical (unpaired) electrons. The molecule has 1 heterocycles. The molecule has 224 valence electrons. The lowest BCUT2D eigenvalue weighted by atomic mass is 9.83. The maximum absolute atomic E-state index is 14.8. The van der Waals surface area contributed by atoms with Crippen LogP contribution in [0.3, 0.4) is 0 Å². The predicted molar refractivity (Wildman–Crippen MR) is 136 cm³/mol. The fraction of sp³-hybridized carbons (Fsp3) is 0.360. The van der Waals surface area contributed by atoms with Crippen molar-refractivity contribution in [3.63, 3.8) is 0 Å². The third-order valence-electron chi connectivity index (χ3n) is 6.56. The standard InChI is InChI=1S/C25H25F5N2O7S2/c1-15-4-6-16(7-5-15)41(35,36)32-13-23(17-8-9-24(38-3,12-21(17)32)25(28,29)30)40(33,34)31-20-10-19(27)22(11-18(20)26)39-14-37-2/h4-7,10-11,13,31H,8-9,12,14H2,1-3H3/t24-/m0/s1/i3D3. The number of fused-ring (bicyclic) bond motifs is 1. The van der Waals surface area contributed by atoms with E-state index in [1.807, 2.05) is 0 Å². The van der Waals surface area contributed by atoms with E-state index in [9.17, 15) is 38.8 Å². The molecule has 0 amide bonds. The van der Waals surface area contributed by atoms with E-state index in [4.69, 9.17) is 8.85 Å². The highest BCUT2D eigenvalue weighted by molar-refractivity contribution is 7.93. The van der Waals surface area contributed by atoms with Gasteiger partial charge < -0.3 is 14.2 Å². The van der Waals surface area contributed by atoms with Crippen LogP contribution in [-0.4, -0.2) is 53.5 Å². The first-order valence-corrected chi connectivity index (χ1v) is 14.6. The number of hydrogen-bond donors (Lipinski definition) is 1. The van der Waals surface area contributed by atoms with Gasteiger partial charge in [-0.05, 0) is 37.5 Å². The van der Waals surface area contributed by atoms with E-state index in [2.05, 4.69) is 9.47 Å². The topological polar surface area (TPSA) is 113 Å². The average Bonchev–Trinajstić information content (AvgIpc) is 3.29. The van der Waals surface area contributed by atoms with Crippen LogP contribution in [0.5, 0.6) is 5.75 Å². The Hall–Kier alpha value is -3.21. The Kier molecular flexibility index (Phi) is 7.08. The number of methoxy groups -OCH3 is 2. The molecule has 0 saturated carbocycles. The highest BCUT2D eigenvalue weighted by Crippen LogP contribution is 2.45. The second-order valence-corrected chi connectivity index (χ2v) is 12.7. The molecule has 41 heavy (non-hydrogen) atoms. The van der Waals surface area contributed by atoms with Crippen LogP contribution in [0, 0.1) is 18.6 Å². The first-order valence-electron chi connectivity index (χ1n) is 13.2. The second kappa shape index (κ2) is 10.9. The number of anilines is 1. The van der Waals surface area contributed by atoms with E-state index in [1.54, 1.807) is 11.6 Å². The summed E-state index contributed by atoms with van der Waals surface area (Å²) >= 11 is 0. The van der Waals surface area contributed by atoms with E-state index in [-0.39, 0.29) is 0 Å². The van der Waals surface area contributed by atoms with Gasteiger partial charge in [0, 0.05) is 44.6 Å². The zero-order valence-corrected chi connectivity index (χ0v) is 23.0. The Morgan fingerprint density at radius 2 is 1.78 bits per heavy atom. The van der Waals surface area contributed by atoms with Gasteiger partial charge in [0.2, 0.25) is 0 Å². The van der Waals surface area contributed by atoms with Crippen LogP contribution in [0.4, 0.5) is 27.6 Å². The normalized spacial score (nSPS) is 19.1. The van der Waals surface area contributed by atoms with Gasteiger partial charge in [0.1, 0.15) is 4.90 Å². The Labute approximate surface area is 237 Å². The van der Waals surface area contributed by atoms with Crippen LogP contribution in [0.25, 0.3) is 0 Å². The lowest BCUT2D eigenvalue weighted by Crippen LogP contribution is -2.51. The van der Waals surface area contributed by atoms with Crippen molar-refractivity contribution in [1.29, 1.82) is 0 Å². The monoisotopic (exact) mass is 627 g/mol. The molecule has 1 aromatic heterocycles. The number of alkyl halides is 3. The van der Waals surface area contributed by atoms with Gasteiger partial charge >= 0.3 is 6.18 Å². The molecule has 2 aromatic carbocycles. The predicted octanol–water partition coefficient (Wildman–Crippen LogP) is 4.53. The number of nitrogens with zero attached hydrogens (tertiary/aromatic N) is 1. The third-order valence-corrected chi connectivity index (χ3v) is 9.69. The van der Waals surface area contributed by atoms with Crippen molar-refractivity contribution in [2.75, 3.05) is 25.7 Å². The van der Waals surface area contributed by atoms with Crippen LogP contribution >= 0.6 is 0 Å². The van der Waals surface area contributed by atoms with Gasteiger partial charge in [0.15, 0.2) is 29.8 Å². The molecular formula is C25H25F5N2O7S2. The summed E-state index contributed by atoms with van der Waals surface area (Å²) in [6.45, 7) is 1.19. The Bertz CT molecular complexity index is 1780. The maximum Gasteiger partial charge on any atom is 0.417 e. The highest BCUT2D eigenvalue weighted by Gasteiger charge is 2.58. The molecular weight excluding hydrogens is 599 g/mol. The number of ether oxygens (including phenoxy) is 3. The summed E-state index contributed by atoms with van der Waals surface area (Å²) in [6, 6.07) is 6.07. The van der Waals surface area contributed by atoms with Crippen LogP contribution in [-0.2, 0) is 42.4 Å². The minimum atomic E-state index is -5.33. The Morgan fingerprint density at radius 1 is 1.10 bits per heavy atom. The van der Waals surface area contributed by atoms with Crippen molar-refractivity contribution in [3.8, 4) is 5.75 Å². The van der Waals surface area contributed by atoms with Crippen molar-refractivity contribution in [2.24, 2.45) is 0 Å². The number of benzene rings is 2. The molecule has 0 spiro atoms.